The number of carbonyl (C=O) groups is 1. The molecular formula is C26H24ClN5O3. The molecule has 5 rings (SSSR count). The lowest BCUT2D eigenvalue weighted by atomic mass is 9.99. The van der Waals surface area contributed by atoms with Crippen LogP contribution in [0.3, 0.4) is 0 Å². The van der Waals surface area contributed by atoms with Crippen LogP contribution in [0, 0.1) is 10.1 Å². The Morgan fingerprint density at radius 1 is 1.09 bits per heavy atom. The van der Waals surface area contributed by atoms with Crippen LogP contribution in [0.15, 0.2) is 60.7 Å². The zero-order valence-corrected chi connectivity index (χ0v) is 19.6. The van der Waals surface area contributed by atoms with E-state index in [0.29, 0.717) is 33.1 Å². The third kappa shape index (κ3) is 4.71. The van der Waals surface area contributed by atoms with Gasteiger partial charge >= 0.3 is 0 Å². The van der Waals surface area contributed by atoms with Crippen molar-refractivity contribution in [2.24, 2.45) is 0 Å². The van der Waals surface area contributed by atoms with Crippen molar-refractivity contribution in [1.82, 2.24) is 4.90 Å². The van der Waals surface area contributed by atoms with Gasteiger partial charge in [0.2, 0.25) is 0 Å². The molecule has 4 N–H and O–H groups in total. The number of anilines is 3. The summed E-state index contributed by atoms with van der Waals surface area (Å²) in [5.41, 5.74) is 10.1. The number of nitro groups is 1. The summed E-state index contributed by atoms with van der Waals surface area (Å²) >= 11 is 6.12. The molecule has 3 aromatic rings. The highest BCUT2D eigenvalue weighted by atomic mass is 35.5. The lowest BCUT2D eigenvalue weighted by molar-refractivity contribution is -0.383. The Balaban J connectivity index is 1.56. The molecule has 0 saturated carbocycles. The van der Waals surface area contributed by atoms with E-state index in [1.54, 1.807) is 24.3 Å². The molecule has 0 unspecified atom stereocenters. The van der Waals surface area contributed by atoms with Crippen molar-refractivity contribution >= 4 is 51.5 Å². The molecule has 1 fully saturated rings. The van der Waals surface area contributed by atoms with E-state index in [-0.39, 0.29) is 17.3 Å². The highest BCUT2D eigenvalue weighted by Crippen LogP contribution is 2.39. The van der Waals surface area contributed by atoms with Gasteiger partial charge in [0.1, 0.15) is 5.69 Å². The summed E-state index contributed by atoms with van der Waals surface area (Å²) in [4.78, 5) is 26.5. The number of halogens is 1. The predicted molar refractivity (Wildman–Crippen MR) is 139 cm³/mol. The van der Waals surface area contributed by atoms with Gasteiger partial charge in [0.25, 0.3) is 11.6 Å². The Kier molecular flexibility index (Phi) is 6.15. The summed E-state index contributed by atoms with van der Waals surface area (Å²) in [7, 11) is 0. The molecule has 9 heteroatoms. The van der Waals surface area contributed by atoms with Crippen molar-refractivity contribution in [2.45, 2.75) is 19.4 Å². The Labute approximate surface area is 207 Å². The molecule has 1 amide bonds. The monoisotopic (exact) mass is 489 g/mol. The van der Waals surface area contributed by atoms with Crippen LogP contribution >= 0.6 is 11.6 Å². The molecule has 0 aliphatic carbocycles. The number of carbonyl (C=O) groups excluding carboxylic acids is 1. The minimum Gasteiger partial charge on any atom is -0.393 e. The quantitative estimate of drug-likeness (QED) is 0.186. The maximum absolute atomic E-state index is 13.1. The lowest BCUT2D eigenvalue weighted by Crippen LogP contribution is -2.18. The van der Waals surface area contributed by atoms with Crippen LogP contribution in [-0.2, 0) is 11.3 Å². The Morgan fingerprint density at radius 2 is 1.83 bits per heavy atom. The molecule has 0 atom stereocenters. The van der Waals surface area contributed by atoms with Gasteiger partial charge in [-0.15, -0.1) is 0 Å². The van der Waals surface area contributed by atoms with Crippen LogP contribution in [-0.4, -0.2) is 28.8 Å². The van der Waals surface area contributed by atoms with E-state index in [2.05, 4.69) is 27.7 Å². The highest BCUT2D eigenvalue weighted by molar-refractivity contribution is 6.38. The molecule has 0 aromatic heterocycles. The first kappa shape index (κ1) is 22.9. The summed E-state index contributed by atoms with van der Waals surface area (Å²) in [6.45, 7) is 3.13. The van der Waals surface area contributed by atoms with Crippen LogP contribution in [0.2, 0.25) is 5.02 Å². The van der Waals surface area contributed by atoms with E-state index in [1.165, 1.54) is 30.5 Å². The zero-order chi connectivity index (χ0) is 24.5. The average Bonchev–Trinajstić information content (AvgIpc) is 3.45. The Hall–Kier alpha value is -3.88. The van der Waals surface area contributed by atoms with Gasteiger partial charge in [-0.3, -0.25) is 19.8 Å². The van der Waals surface area contributed by atoms with Gasteiger partial charge in [-0.25, -0.2) is 0 Å². The summed E-state index contributed by atoms with van der Waals surface area (Å²) in [5.74, 6) is -0.324. The number of rotatable bonds is 6. The molecule has 0 bridgehead atoms. The third-order valence-corrected chi connectivity index (χ3v) is 6.56. The van der Waals surface area contributed by atoms with Crippen molar-refractivity contribution in [1.29, 1.82) is 0 Å². The smallest absolute Gasteiger partial charge is 0.292 e. The van der Waals surface area contributed by atoms with Gasteiger partial charge < -0.3 is 16.4 Å². The second-order valence-electron chi connectivity index (χ2n) is 8.73. The molecule has 2 aliphatic rings. The van der Waals surface area contributed by atoms with E-state index in [9.17, 15) is 14.9 Å². The van der Waals surface area contributed by atoms with Crippen LogP contribution in [0.25, 0.3) is 11.3 Å². The van der Waals surface area contributed by atoms with Gasteiger partial charge in [0, 0.05) is 34.4 Å². The predicted octanol–water partition coefficient (Wildman–Crippen LogP) is 5.36. The molecule has 2 aliphatic heterocycles. The summed E-state index contributed by atoms with van der Waals surface area (Å²) in [6.07, 6.45) is 2.47. The second kappa shape index (κ2) is 9.40. The number of fused-ring (bicyclic) bond motifs is 1. The van der Waals surface area contributed by atoms with Crippen molar-refractivity contribution < 1.29 is 9.72 Å². The van der Waals surface area contributed by atoms with Crippen molar-refractivity contribution in [3.8, 4) is 0 Å². The molecule has 178 valence electrons. The van der Waals surface area contributed by atoms with Crippen molar-refractivity contribution in [3.63, 3.8) is 0 Å². The molecule has 3 aromatic carbocycles. The van der Waals surface area contributed by atoms with Gasteiger partial charge in [-0.05, 0) is 61.8 Å². The number of nitrogen functional groups attached to an aromatic ring is 1. The number of likely N-dealkylation sites (tertiary alicyclic amines) is 1. The molecule has 35 heavy (non-hydrogen) atoms. The largest absolute Gasteiger partial charge is 0.393 e. The highest BCUT2D eigenvalue weighted by Gasteiger charge is 2.29. The fourth-order valence-electron chi connectivity index (χ4n) is 4.57. The minimum absolute atomic E-state index is 0.0532. The Bertz CT molecular complexity index is 1350. The third-order valence-electron chi connectivity index (χ3n) is 6.32. The zero-order valence-electron chi connectivity index (χ0n) is 18.9. The number of benzene rings is 3. The van der Waals surface area contributed by atoms with E-state index in [1.807, 2.05) is 12.1 Å². The summed E-state index contributed by atoms with van der Waals surface area (Å²) in [5, 5.41) is 18.2. The molecule has 0 spiro atoms. The normalized spacial score (nSPS) is 16.7. The number of hydrogen-bond acceptors (Lipinski definition) is 6. The maximum atomic E-state index is 13.1. The number of amides is 1. The molecular weight excluding hydrogens is 466 g/mol. The van der Waals surface area contributed by atoms with Crippen molar-refractivity contribution in [2.75, 3.05) is 29.5 Å². The van der Waals surface area contributed by atoms with Crippen LogP contribution in [0.4, 0.5) is 22.7 Å². The summed E-state index contributed by atoms with van der Waals surface area (Å²) < 4.78 is 0. The lowest BCUT2D eigenvalue weighted by Gasteiger charge is -2.17. The van der Waals surface area contributed by atoms with Gasteiger partial charge in [0.05, 0.1) is 21.9 Å². The number of nitrogens with one attached hydrogen (secondary N) is 2. The first-order chi connectivity index (χ1) is 16.9. The molecule has 2 heterocycles. The second-order valence-corrected chi connectivity index (χ2v) is 9.17. The number of nitro benzene ring substituents is 1. The van der Waals surface area contributed by atoms with E-state index in [0.717, 1.165) is 25.3 Å². The topological polar surface area (TPSA) is 114 Å². The fourth-order valence-corrected chi connectivity index (χ4v) is 4.74. The summed E-state index contributed by atoms with van der Waals surface area (Å²) in [6, 6.07) is 17.7. The van der Waals surface area contributed by atoms with Gasteiger partial charge in [0.15, 0.2) is 0 Å². The average molecular weight is 490 g/mol. The van der Waals surface area contributed by atoms with E-state index < -0.39 is 4.92 Å². The van der Waals surface area contributed by atoms with Crippen LogP contribution in [0.5, 0.6) is 0 Å². The van der Waals surface area contributed by atoms with Crippen LogP contribution < -0.4 is 16.4 Å². The minimum atomic E-state index is -0.531. The number of nitrogens with two attached hydrogens (primary N) is 1. The van der Waals surface area contributed by atoms with E-state index >= 15 is 0 Å². The SMILES string of the molecule is Nc1ccc(/C(Nc2ccc(CN3CCCC3)cc2)=C2\C(=O)Nc3cc(Cl)ccc32)cc1[N+](=O)[O-]. The molecule has 0 radical (unpaired) electrons. The first-order valence-corrected chi connectivity index (χ1v) is 11.7. The number of nitrogens with zero attached hydrogens (tertiary/aromatic N) is 2. The van der Waals surface area contributed by atoms with Gasteiger partial charge in [-0.1, -0.05) is 35.9 Å². The number of hydrogen-bond donors (Lipinski definition) is 3. The van der Waals surface area contributed by atoms with Crippen LogP contribution in [0.1, 0.15) is 29.5 Å². The fraction of sp³-hybridized carbons (Fsp3) is 0.192. The first-order valence-electron chi connectivity index (χ1n) is 11.4. The maximum Gasteiger partial charge on any atom is 0.292 e. The van der Waals surface area contributed by atoms with Crippen molar-refractivity contribution in [3.05, 3.63) is 92.5 Å². The standard InChI is InChI=1S/C26H24ClN5O3/c27-18-6-9-20-22(14-18)30-26(33)24(20)25(17-5-10-21(28)23(13-17)32(34)35)29-19-7-3-16(4-8-19)15-31-11-1-2-12-31/h3-10,13-14,29H,1-2,11-12,15,28H2,(H,30,33)/b25-24+. The molecule has 1 saturated heterocycles. The Morgan fingerprint density at radius 3 is 2.54 bits per heavy atom. The van der Waals surface area contributed by atoms with Gasteiger partial charge in [-0.2, -0.15) is 0 Å². The molecule has 8 nitrogen and oxygen atoms in total. The van der Waals surface area contributed by atoms with E-state index in [4.69, 9.17) is 17.3 Å².